The Kier molecular flexibility index (Phi) is 6.57. The molecule has 0 aliphatic heterocycles. The standard InChI is InChI=1S/C22H24N4O2/c1-17(27)25-21(20-6-3-2-4-7-20)14-22(28)23-15-18-8-10-19(11-9-18)16-26-13-5-12-24-26/h2-13,21H,14-16H2,1H3,(H,23,28)(H,25,27). The maximum Gasteiger partial charge on any atom is 0.222 e. The molecule has 0 bridgehead atoms. The summed E-state index contributed by atoms with van der Waals surface area (Å²) in [6, 6.07) is 19.1. The molecule has 1 unspecified atom stereocenters. The fraction of sp³-hybridized carbons (Fsp3) is 0.227. The molecule has 0 fully saturated rings. The minimum Gasteiger partial charge on any atom is -0.352 e. The molecule has 0 aliphatic rings. The molecule has 1 aromatic heterocycles. The number of hydrogen-bond acceptors (Lipinski definition) is 3. The third-order valence-corrected chi connectivity index (χ3v) is 4.39. The first kappa shape index (κ1) is 19.4. The van der Waals surface area contributed by atoms with Crippen molar-refractivity contribution >= 4 is 11.8 Å². The topological polar surface area (TPSA) is 76.0 Å². The van der Waals surface area contributed by atoms with Crippen LogP contribution >= 0.6 is 0 Å². The first-order chi connectivity index (χ1) is 13.6. The fourth-order valence-corrected chi connectivity index (χ4v) is 2.98. The predicted molar refractivity (Wildman–Crippen MR) is 107 cm³/mol. The third-order valence-electron chi connectivity index (χ3n) is 4.39. The molecule has 1 heterocycles. The van der Waals surface area contributed by atoms with E-state index in [-0.39, 0.29) is 24.3 Å². The molecule has 6 nitrogen and oxygen atoms in total. The van der Waals surface area contributed by atoms with Gasteiger partial charge in [0.1, 0.15) is 0 Å². The van der Waals surface area contributed by atoms with Crippen LogP contribution in [0.4, 0.5) is 0 Å². The summed E-state index contributed by atoms with van der Waals surface area (Å²) in [5.41, 5.74) is 3.08. The van der Waals surface area contributed by atoms with Crippen LogP contribution in [-0.2, 0) is 22.7 Å². The zero-order valence-electron chi connectivity index (χ0n) is 15.8. The summed E-state index contributed by atoms with van der Waals surface area (Å²) in [5.74, 6) is -0.266. The summed E-state index contributed by atoms with van der Waals surface area (Å²) < 4.78 is 1.86. The first-order valence-corrected chi connectivity index (χ1v) is 9.24. The van der Waals surface area contributed by atoms with Gasteiger partial charge in [0.25, 0.3) is 0 Å². The number of amides is 2. The Labute approximate surface area is 164 Å². The molecule has 3 rings (SSSR count). The Bertz CT molecular complexity index is 890. The van der Waals surface area contributed by atoms with Crippen molar-refractivity contribution in [2.24, 2.45) is 0 Å². The fourth-order valence-electron chi connectivity index (χ4n) is 2.98. The van der Waals surface area contributed by atoms with Crippen LogP contribution in [0.15, 0.2) is 73.1 Å². The van der Waals surface area contributed by atoms with Crippen LogP contribution in [-0.4, -0.2) is 21.6 Å². The average molecular weight is 376 g/mol. The highest BCUT2D eigenvalue weighted by Crippen LogP contribution is 2.16. The Balaban J connectivity index is 1.53. The van der Waals surface area contributed by atoms with Gasteiger partial charge in [-0.1, -0.05) is 54.6 Å². The van der Waals surface area contributed by atoms with Crippen LogP contribution in [0.5, 0.6) is 0 Å². The van der Waals surface area contributed by atoms with E-state index in [1.165, 1.54) is 6.92 Å². The van der Waals surface area contributed by atoms with Crippen LogP contribution in [0, 0.1) is 0 Å². The van der Waals surface area contributed by atoms with Gasteiger partial charge < -0.3 is 10.6 Å². The van der Waals surface area contributed by atoms with Crippen molar-refractivity contribution in [3.8, 4) is 0 Å². The molecule has 3 aromatic rings. The van der Waals surface area contributed by atoms with E-state index < -0.39 is 0 Å². The molecular formula is C22H24N4O2. The van der Waals surface area contributed by atoms with E-state index in [4.69, 9.17) is 0 Å². The second-order valence-corrected chi connectivity index (χ2v) is 6.66. The molecule has 6 heteroatoms. The Morgan fingerprint density at radius 2 is 1.71 bits per heavy atom. The Morgan fingerprint density at radius 1 is 1.00 bits per heavy atom. The number of benzene rings is 2. The normalized spacial score (nSPS) is 11.6. The van der Waals surface area contributed by atoms with Crippen molar-refractivity contribution in [3.05, 3.63) is 89.7 Å². The molecule has 144 valence electrons. The summed E-state index contributed by atoms with van der Waals surface area (Å²) >= 11 is 0. The lowest BCUT2D eigenvalue weighted by molar-refractivity contribution is -0.122. The van der Waals surface area contributed by atoms with Crippen molar-refractivity contribution in [1.82, 2.24) is 20.4 Å². The van der Waals surface area contributed by atoms with Gasteiger partial charge in [-0.25, -0.2) is 0 Å². The van der Waals surface area contributed by atoms with E-state index in [1.807, 2.05) is 71.5 Å². The lowest BCUT2D eigenvalue weighted by atomic mass is 10.0. The number of nitrogens with zero attached hydrogens (tertiary/aromatic N) is 2. The van der Waals surface area contributed by atoms with Crippen LogP contribution in [0.25, 0.3) is 0 Å². The lowest BCUT2D eigenvalue weighted by Crippen LogP contribution is -2.32. The summed E-state index contributed by atoms with van der Waals surface area (Å²) in [5, 5.41) is 9.97. The first-order valence-electron chi connectivity index (χ1n) is 9.24. The molecule has 2 amide bonds. The van der Waals surface area contributed by atoms with Gasteiger partial charge in [0.05, 0.1) is 19.0 Å². The predicted octanol–water partition coefficient (Wildman–Crippen LogP) is 2.82. The van der Waals surface area contributed by atoms with E-state index in [1.54, 1.807) is 6.20 Å². The third kappa shape index (κ3) is 5.81. The minimum absolute atomic E-state index is 0.108. The average Bonchev–Trinajstić information content (AvgIpc) is 3.20. The molecule has 0 aliphatic carbocycles. The molecule has 0 saturated carbocycles. The zero-order valence-corrected chi connectivity index (χ0v) is 15.8. The molecular weight excluding hydrogens is 352 g/mol. The van der Waals surface area contributed by atoms with E-state index in [0.717, 1.165) is 23.2 Å². The molecule has 2 aromatic carbocycles. The summed E-state index contributed by atoms with van der Waals surface area (Å²) in [6.45, 7) is 2.62. The highest BCUT2D eigenvalue weighted by Gasteiger charge is 2.16. The quantitative estimate of drug-likeness (QED) is 0.635. The van der Waals surface area contributed by atoms with E-state index in [0.29, 0.717) is 6.54 Å². The van der Waals surface area contributed by atoms with Gasteiger partial charge in [-0.05, 0) is 22.8 Å². The number of aromatic nitrogens is 2. The molecule has 28 heavy (non-hydrogen) atoms. The number of carbonyl (C=O) groups is 2. The maximum atomic E-state index is 12.4. The molecule has 0 radical (unpaired) electrons. The zero-order chi connectivity index (χ0) is 19.8. The van der Waals surface area contributed by atoms with Gasteiger partial charge in [-0.2, -0.15) is 5.10 Å². The number of nitrogens with one attached hydrogen (secondary N) is 2. The molecule has 2 N–H and O–H groups in total. The second-order valence-electron chi connectivity index (χ2n) is 6.66. The highest BCUT2D eigenvalue weighted by atomic mass is 16.2. The van der Waals surface area contributed by atoms with Gasteiger partial charge in [0.15, 0.2) is 0 Å². The smallest absolute Gasteiger partial charge is 0.222 e. The molecule has 1 atom stereocenters. The Morgan fingerprint density at radius 3 is 2.36 bits per heavy atom. The van der Waals surface area contributed by atoms with E-state index in [9.17, 15) is 9.59 Å². The van der Waals surface area contributed by atoms with Crippen LogP contribution in [0.1, 0.15) is 36.1 Å². The number of carbonyl (C=O) groups excluding carboxylic acids is 2. The Hall–Kier alpha value is -3.41. The van der Waals surface area contributed by atoms with Crippen LogP contribution < -0.4 is 10.6 Å². The second kappa shape index (κ2) is 9.50. The van der Waals surface area contributed by atoms with E-state index in [2.05, 4.69) is 15.7 Å². The van der Waals surface area contributed by atoms with Gasteiger partial charge in [-0.3, -0.25) is 14.3 Å². The van der Waals surface area contributed by atoms with Gasteiger partial charge in [0, 0.05) is 25.9 Å². The number of hydrogen-bond donors (Lipinski definition) is 2. The van der Waals surface area contributed by atoms with Gasteiger partial charge in [0.2, 0.25) is 11.8 Å². The van der Waals surface area contributed by atoms with Gasteiger partial charge >= 0.3 is 0 Å². The maximum absolute atomic E-state index is 12.4. The van der Waals surface area contributed by atoms with Gasteiger partial charge in [-0.15, -0.1) is 0 Å². The minimum atomic E-state index is -0.338. The van der Waals surface area contributed by atoms with E-state index >= 15 is 0 Å². The lowest BCUT2D eigenvalue weighted by Gasteiger charge is -2.18. The summed E-state index contributed by atoms with van der Waals surface area (Å²) in [6.07, 6.45) is 3.88. The van der Waals surface area contributed by atoms with Crippen LogP contribution in [0.3, 0.4) is 0 Å². The largest absolute Gasteiger partial charge is 0.352 e. The summed E-state index contributed by atoms with van der Waals surface area (Å²) in [7, 11) is 0. The van der Waals surface area contributed by atoms with Crippen molar-refractivity contribution < 1.29 is 9.59 Å². The number of rotatable bonds is 8. The molecule has 0 saturated heterocycles. The van der Waals surface area contributed by atoms with Crippen molar-refractivity contribution in [1.29, 1.82) is 0 Å². The molecule has 0 spiro atoms. The monoisotopic (exact) mass is 376 g/mol. The van der Waals surface area contributed by atoms with Crippen molar-refractivity contribution in [2.75, 3.05) is 0 Å². The van der Waals surface area contributed by atoms with Crippen LogP contribution in [0.2, 0.25) is 0 Å². The highest BCUT2D eigenvalue weighted by molar-refractivity contribution is 5.79. The van der Waals surface area contributed by atoms with Crippen molar-refractivity contribution in [2.45, 2.75) is 32.5 Å². The summed E-state index contributed by atoms with van der Waals surface area (Å²) in [4.78, 5) is 23.9. The SMILES string of the molecule is CC(=O)NC(CC(=O)NCc1ccc(Cn2cccn2)cc1)c1ccccc1. The van der Waals surface area contributed by atoms with Crippen molar-refractivity contribution in [3.63, 3.8) is 0 Å².